The predicted octanol–water partition coefficient (Wildman–Crippen LogP) is 3.92. The zero-order valence-corrected chi connectivity index (χ0v) is 23.6. The number of aliphatic hydroxyl groups excluding tert-OH is 1. The molecule has 38 heavy (non-hydrogen) atoms. The molecule has 9 nitrogen and oxygen atoms in total. The van der Waals surface area contributed by atoms with Crippen molar-refractivity contribution in [2.45, 2.75) is 51.8 Å². The lowest BCUT2D eigenvalue weighted by Crippen LogP contribution is -2.66. The summed E-state index contributed by atoms with van der Waals surface area (Å²) < 4.78 is 7.74. The van der Waals surface area contributed by atoms with Crippen LogP contribution >= 0.6 is 23.1 Å². The number of β-lactam (4-membered cyclic amide) rings is 1. The Morgan fingerprint density at radius 1 is 1.26 bits per heavy atom. The molecular formula is C27H29N3O6S2. The molecule has 5 rings (SSSR count). The molecule has 200 valence electrons. The third-order valence-corrected chi connectivity index (χ3v) is 9.51. The van der Waals surface area contributed by atoms with Crippen LogP contribution in [0.1, 0.15) is 45.8 Å². The number of carboxylic acid groups (broad SMARTS) is 1. The second kappa shape index (κ2) is 9.25. The van der Waals surface area contributed by atoms with Crippen molar-refractivity contribution in [1.29, 1.82) is 0 Å². The van der Waals surface area contributed by atoms with Crippen molar-refractivity contribution < 1.29 is 29.3 Å². The summed E-state index contributed by atoms with van der Waals surface area (Å²) in [4.78, 5) is 46.2. The third-order valence-electron chi connectivity index (χ3n) is 7.57. The van der Waals surface area contributed by atoms with Gasteiger partial charge in [-0.3, -0.25) is 9.20 Å². The molecule has 2 aliphatic heterocycles. The lowest BCUT2D eigenvalue weighted by atomic mass is 9.67. The minimum absolute atomic E-state index is 0.138. The summed E-state index contributed by atoms with van der Waals surface area (Å²) in [7, 11) is 0. The number of hydrogen-bond donors (Lipinski definition) is 2. The molecule has 0 bridgehead atoms. The molecule has 3 aromatic rings. The van der Waals surface area contributed by atoms with Gasteiger partial charge in [-0.25, -0.2) is 14.6 Å². The SMILES string of the molecule is CSc1ncn2cc(C3=C(C(=O)O)N4C(=O)[C@H]([C@@H](C)O)[C@@H]4[C@@]3(C)COC(=O)c3c(C)cc(C)cc3C)sc12. The van der Waals surface area contributed by atoms with Gasteiger partial charge in [0.15, 0.2) is 0 Å². The number of rotatable bonds is 7. The van der Waals surface area contributed by atoms with Gasteiger partial charge in [0.1, 0.15) is 28.5 Å². The lowest BCUT2D eigenvalue weighted by Gasteiger charge is -2.50. The van der Waals surface area contributed by atoms with Crippen molar-refractivity contribution in [3.05, 3.63) is 57.5 Å². The summed E-state index contributed by atoms with van der Waals surface area (Å²) in [6, 6.07) is 3.15. The van der Waals surface area contributed by atoms with Crippen LogP contribution in [0, 0.1) is 32.1 Å². The Balaban J connectivity index is 1.62. The fraction of sp³-hybridized carbons (Fsp3) is 0.407. The fourth-order valence-electron chi connectivity index (χ4n) is 6.04. The Morgan fingerprint density at radius 2 is 1.92 bits per heavy atom. The third kappa shape index (κ3) is 3.78. The standard InChI is InChI=1S/C27H29N3O6S2/c1-12-7-13(2)17(14(3)8-12)26(35)36-10-27(5)19(16-9-29-11-28-22(37-6)24(29)38-16)20(25(33)34)30-21(27)18(15(4)31)23(30)32/h7-9,11,15,18,21,31H,10H2,1-6H3,(H,33,34)/t15-,18-,21-,27+/m1/s1. The first-order valence-electron chi connectivity index (χ1n) is 12.2. The van der Waals surface area contributed by atoms with E-state index in [-0.39, 0.29) is 12.3 Å². The van der Waals surface area contributed by atoms with E-state index < -0.39 is 41.3 Å². The number of aliphatic carboxylic acids is 1. The maximum atomic E-state index is 13.3. The first-order valence-corrected chi connectivity index (χ1v) is 14.2. The van der Waals surface area contributed by atoms with E-state index in [9.17, 15) is 24.6 Å². The molecule has 0 saturated carbocycles. The number of aryl methyl sites for hydroxylation is 3. The quantitative estimate of drug-likeness (QED) is 0.256. The minimum Gasteiger partial charge on any atom is -0.477 e. The molecule has 1 aromatic carbocycles. The molecule has 1 saturated heterocycles. The van der Waals surface area contributed by atoms with Crippen molar-refractivity contribution in [1.82, 2.24) is 14.3 Å². The molecule has 11 heteroatoms. The number of thiazole rings is 1. The van der Waals surface area contributed by atoms with Gasteiger partial charge in [-0.1, -0.05) is 24.6 Å². The lowest BCUT2D eigenvalue weighted by molar-refractivity contribution is -0.167. The van der Waals surface area contributed by atoms with Crippen molar-refractivity contribution >= 4 is 51.3 Å². The summed E-state index contributed by atoms with van der Waals surface area (Å²) in [6.07, 6.45) is 4.37. The number of carboxylic acids is 1. The molecule has 2 aliphatic rings. The van der Waals surface area contributed by atoms with E-state index in [1.54, 1.807) is 12.5 Å². The topological polar surface area (TPSA) is 121 Å². The van der Waals surface area contributed by atoms with Crippen LogP contribution in [0.15, 0.2) is 35.4 Å². The van der Waals surface area contributed by atoms with Gasteiger partial charge in [0.05, 0.1) is 33.9 Å². The van der Waals surface area contributed by atoms with Crippen LogP contribution in [0.25, 0.3) is 10.4 Å². The fourth-order valence-corrected chi connectivity index (χ4v) is 8.00. The molecular weight excluding hydrogens is 526 g/mol. The van der Waals surface area contributed by atoms with Gasteiger partial charge in [0, 0.05) is 11.8 Å². The number of nitrogens with zero attached hydrogens (tertiary/aromatic N) is 3. The van der Waals surface area contributed by atoms with Crippen LogP contribution in [0.4, 0.5) is 0 Å². The number of benzene rings is 1. The van der Waals surface area contributed by atoms with E-state index in [0.29, 0.717) is 16.0 Å². The molecule has 2 N–H and O–H groups in total. The average Bonchev–Trinajstić information content (AvgIpc) is 3.45. The van der Waals surface area contributed by atoms with Gasteiger partial charge >= 0.3 is 11.9 Å². The molecule has 0 radical (unpaired) electrons. The van der Waals surface area contributed by atoms with Gasteiger partial charge in [0.2, 0.25) is 5.91 Å². The first kappa shape index (κ1) is 26.5. The number of fused-ring (bicyclic) bond motifs is 2. The summed E-state index contributed by atoms with van der Waals surface area (Å²) in [5.41, 5.74) is 2.28. The molecule has 0 aliphatic carbocycles. The van der Waals surface area contributed by atoms with Crippen LogP contribution < -0.4 is 0 Å². The number of aliphatic hydroxyl groups is 1. The second-order valence-corrected chi connectivity index (χ2v) is 12.1. The van der Waals surface area contributed by atoms with Crippen LogP contribution in [0.2, 0.25) is 0 Å². The minimum atomic E-state index is -1.25. The Bertz CT molecular complexity index is 1510. The second-order valence-electron chi connectivity index (χ2n) is 10.3. The number of esters is 1. The molecule has 0 unspecified atom stereocenters. The Kier molecular flexibility index (Phi) is 6.44. The van der Waals surface area contributed by atoms with E-state index >= 15 is 0 Å². The summed E-state index contributed by atoms with van der Waals surface area (Å²) in [5.74, 6) is -3.02. The van der Waals surface area contributed by atoms with E-state index in [1.165, 1.54) is 34.9 Å². The Labute approximate surface area is 228 Å². The summed E-state index contributed by atoms with van der Waals surface area (Å²) >= 11 is 2.85. The first-order chi connectivity index (χ1) is 17.9. The Morgan fingerprint density at radius 3 is 2.50 bits per heavy atom. The zero-order chi connectivity index (χ0) is 27.7. The highest BCUT2D eigenvalue weighted by Crippen LogP contribution is 2.58. The summed E-state index contributed by atoms with van der Waals surface area (Å²) in [5, 5.41) is 21.6. The van der Waals surface area contributed by atoms with Gasteiger partial charge in [-0.2, -0.15) is 0 Å². The number of thioether (sulfide) groups is 1. The Hall–Kier alpha value is -3.15. The number of imidazole rings is 1. The number of hydrogen-bond acceptors (Lipinski definition) is 8. The molecule has 2 aromatic heterocycles. The number of aromatic nitrogens is 2. The van der Waals surface area contributed by atoms with Crippen LogP contribution in [-0.4, -0.2) is 67.4 Å². The van der Waals surface area contributed by atoms with E-state index in [4.69, 9.17) is 4.74 Å². The number of ether oxygens (including phenoxy) is 1. The van der Waals surface area contributed by atoms with Crippen molar-refractivity contribution in [2.75, 3.05) is 12.9 Å². The number of carbonyl (C=O) groups is 3. The van der Waals surface area contributed by atoms with Gasteiger partial charge in [-0.15, -0.1) is 23.1 Å². The monoisotopic (exact) mass is 555 g/mol. The average molecular weight is 556 g/mol. The number of carbonyl (C=O) groups excluding carboxylic acids is 2. The van der Waals surface area contributed by atoms with E-state index in [0.717, 1.165) is 26.5 Å². The normalized spacial score (nSPS) is 23.6. The highest BCUT2D eigenvalue weighted by molar-refractivity contribution is 7.98. The number of amides is 1. The van der Waals surface area contributed by atoms with Gasteiger partial charge < -0.3 is 19.8 Å². The van der Waals surface area contributed by atoms with Crippen molar-refractivity contribution in [2.24, 2.45) is 11.3 Å². The van der Waals surface area contributed by atoms with Crippen LogP contribution in [0.5, 0.6) is 0 Å². The van der Waals surface area contributed by atoms with Gasteiger partial charge in [0.25, 0.3) is 0 Å². The van der Waals surface area contributed by atoms with Crippen LogP contribution in [-0.2, 0) is 14.3 Å². The zero-order valence-electron chi connectivity index (χ0n) is 21.9. The van der Waals surface area contributed by atoms with E-state index in [1.807, 2.05) is 50.5 Å². The molecule has 4 heterocycles. The maximum absolute atomic E-state index is 13.3. The van der Waals surface area contributed by atoms with E-state index in [2.05, 4.69) is 4.98 Å². The van der Waals surface area contributed by atoms with Crippen molar-refractivity contribution in [3.63, 3.8) is 0 Å². The molecule has 1 amide bonds. The molecule has 1 fully saturated rings. The smallest absolute Gasteiger partial charge is 0.352 e. The maximum Gasteiger partial charge on any atom is 0.352 e. The predicted molar refractivity (Wildman–Crippen MR) is 144 cm³/mol. The summed E-state index contributed by atoms with van der Waals surface area (Å²) in [6.45, 7) is 8.83. The highest BCUT2D eigenvalue weighted by atomic mass is 32.2. The van der Waals surface area contributed by atoms with Crippen LogP contribution in [0.3, 0.4) is 0 Å². The largest absolute Gasteiger partial charge is 0.477 e. The van der Waals surface area contributed by atoms with Gasteiger partial charge in [-0.05, 0) is 45.1 Å². The molecule has 0 spiro atoms. The van der Waals surface area contributed by atoms with Crippen molar-refractivity contribution in [3.8, 4) is 0 Å². The highest BCUT2D eigenvalue weighted by Gasteiger charge is 2.67. The molecule has 4 atom stereocenters.